The highest BCUT2D eigenvalue weighted by molar-refractivity contribution is 14.1. The number of halogens is 2. The smallest absolute Gasteiger partial charge is 0.197 e. The summed E-state index contributed by atoms with van der Waals surface area (Å²) in [5, 5.41) is 0.562. The van der Waals surface area contributed by atoms with Gasteiger partial charge in [-0.05, 0) is 60.7 Å². The summed E-state index contributed by atoms with van der Waals surface area (Å²) in [5.74, 6) is 1.33. The van der Waals surface area contributed by atoms with Gasteiger partial charge in [0, 0.05) is 14.2 Å². The van der Waals surface area contributed by atoms with Crippen molar-refractivity contribution >= 4 is 40.0 Å². The van der Waals surface area contributed by atoms with Gasteiger partial charge in [0.15, 0.2) is 5.78 Å². The predicted molar refractivity (Wildman–Crippen MR) is 75.8 cm³/mol. The van der Waals surface area contributed by atoms with E-state index in [4.69, 9.17) is 16.0 Å². The molecule has 2 rings (SSSR count). The van der Waals surface area contributed by atoms with Crippen molar-refractivity contribution in [1.82, 2.24) is 0 Å². The Morgan fingerprint density at radius 1 is 1.24 bits per heavy atom. The van der Waals surface area contributed by atoms with Gasteiger partial charge in [0.25, 0.3) is 0 Å². The Bertz CT molecular complexity index is 587. The third-order valence-electron chi connectivity index (χ3n) is 2.46. The standard InChI is InChI=1S/C13H10ClIO2/c1-7-5-10(8(2)17-7)13(16)11-6-9(14)3-4-12(11)15/h3-6H,1-2H3. The average Bonchev–Trinajstić information content (AvgIpc) is 2.60. The van der Waals surface area contributed by atoms with Gasteiger partial charge in [-0.2, -0.15) is 0 Å². The van der Waals surface area contributed by atoms with Gasteiger partial charge in [0.1, 0.15) is 11.5 Å². The first-order valence-corrected chi connectivity index (χ1v) is 6.51. The number of furan rings is 1. The fraction of sp³-hybridized carbons (Fsp3) is 0.154. The van der Waals surface area contributed by atoms with E-state index >= 15 is 0 Å². The third-order valence-corrected chi connectivity index (χ3v) is 3.63. The highest BCUT2D eigenvalue weighted by Gasteiger charge is 2.18. The molecule has 88 valence electrons. The Morgan fingerprint density at radius 3 is 2.53 bits per heavy atom. The molecule has 1 aromatic heterocycles. The van der Waals surface area contributed by atoms with Gasteiger partial charge in [-0.1, -0.05) is 11.6 Å². The van der Waals surface area contributed by atoms with Gasteiger partial charge >= 0.3 is 0 Å². The van der Waals surface area contributed by atoms with Crippen LogP contribution in [0.25, 0.3) is 0 Å². The highest BCUT2D eigenvalue weighted by atomic mass is 127. The van der Waals surface area contributed by atoms with E-state index in [-0.39, 0.29) is 5.78 Å². The molecular weight excluding hydrogens is 350 g/mol. The molecule has 0 saturated heterocycles. The zero-order valence-electron chi connectivity index (χ0n) is 9.38. The number of rotatable bonds is 2. The zero-order valence-corrected chi connectivity index (χ0v) is 12.3. The van der Waals surface area contributed by atoms with Gasteiger partial charge < -0.3 is 4.42 Å². The van der Waals surface area contributed by atoms with Gasteiger partial charge in [-0.15, -0.1) is 0 Å². The van der Waals surface area contributed by atoms with Crippen molar-refractivity contribution in [2.24, 2.45) is 0 Å². The average molecular weight is 361 g/mol. The molecule has 1 aromatic carbocycles. The van der Waals surface area contributed by atoms with Crippen LogP contribution in [0.5, 0.6) is 0 Å². The number of hydrogen-bond donors (Lipinski definition) is 0. The van der Waals surface area contributed by atoms with Crippen LogP contribution in [0, 0.1) is 17.4 Å². The highest BCUT2D eigenvalue weighted by Crippen LogP contribution is 2.23. The summed E-state index contributed by atoms with van der Waals surface area (Å²) >= 11 is 8.04. The first kappa shape index (κ1) is 12.6. The van der Waals surface area contributed by atoms with Crippen LogP contribution in [-0.2, 0) is 0 Å². The molecule has 0 atom stereocenters. The Kier molecular flexibility index (Phi) is 3.58. The van der Waals surface area contributed by atoms with Crippen LogP contribution in [0.2, 0.25) is 5.02 Å². The molecule has 1 heterocycles. The van der Waals surface area contributed by atoms with Crippen LogP contribution < -0.4 is 0 Å². The van der Waals surface area contributed by atoms with Crippen molar-refractivity contribution in [3.05, 3.63) is 55.5 Å². The number of ketones is 1. The Morgan fingerprint density at radius 2 is 1.94 bits per heavy atom. The van der Waals surface area contributed by atoms with Gasteiger partial charge in [0.2, 0.25) is 0 Å². The summed E-state index contributed by atoms with van der Waals surface area (Å²) in [6, 6.07) is 7.05. The molecule has 0 N–H and O–H groups in total. The number of hydrogen-bond acceptors (Lipinski definition) is 2. The van der Waals surface area contributed by atoms with E-state index in [1.807, 2.05) is 13.0 Å². The molecule has 0 fully saturated rings. The Labute approximate surface area is 118 Å². The van der Waals surface area contributed by atoms with Crippen LogP contribution in [0.15, 0.2) is 28.7 Å². The normalized spacial score (nSPS) is 10.6. The lowest BCUT2D eigenvalue weighted by Gasteiger charge is -2.03. The van der Waals surface area contributed by atoms with Crippen LogP contribution in [-0.4, -0.2) is 5.78 Å². The van der Waals surface area contributed by atoms with Crippen molar-refractivity contribution in [1.29, 1.82) is 0 Å². The van der Waals surface area contributed by atoms with E-state index in [1.54, 1.807) is 25.1 Å². The fourth-order valence-corrected chi connectivity index (χ4v) is 2.43. The number of carbonyl (C=O) groups excluding carboxylic acids is 1. The summed E-state index contributed by atoms with van der Waals surface area (Å²) in [7, 11) is 0. The van der Waals surface area contributed by atoms with Crippen molar-refractivity contribution in [2.75, 3.05) is 0 Å². The summed E-state index contributed by atoms with van der Waals surface area (Å²) in [6.45, 7) is 3.62. The molecule has 0 bridgehead atoms. The molecule has 0 unspecified atom stereocenters. The van der Waals surface area contributed by atoms with Crippen LogP contribution >= 0.6 is 34.2 Å². The molecule has 0 amide bonds. The lowest BCUT2D eigenvalue weighted by Crippen LogP contribution is -2.03. The maximum absolute atomic E-state index is 12.3. The lowest BCUT2D eigenvalue weighted by atomic mass is 10.0. The maximum Gasteiger partial charge on any atom is 0.197 e. The van der Waals surface area contributed by atoms with Crippen molar-refractivity contribution < 1.29 is 9.21 Å². The van der Waals surface area contributed by atoms with Crippen molar-refractivity contribution in [3.8, 4) is 0 Å². The van der Waals surface area contributed by atoms with Crippen molar-refractivity contribution in [2.45, 2.75) is 13.8 Å². The van der Waals surface area contributed by atoms with Gasteiger partial charge in [-0.25, -0.2) is 0 Å². The summed E-state index contributed by atoms with van der Waals surface area (Å²) in [6.07, 6.45) is 0. The maximum atomic E-state index is 12.3. The van der Waals surface area contributed by atoms with E-state index in [0.29, 0.717) is 21.9 Å². The van der Waals surface area contributed by atoms with E-state index in [9.17, 15) is 4.79 Å². The molecule has 0 saturated carbocycles. The summed E-state index contributed by atoms with van der Waals surface area (Å²) in [5.41, 5.74) is 1.21. The van der Waals surface area contributed by atoms with Crippen LogP contribution in [0.3, 0.4) is 0 Å². The first-order chi connectivity index (χ1) is 7.99. The molecule has 0 aliphatic rings. The number of benzene rings is 1. The fourth-order valence-electron chi connectivity index (χ4n) is 1.67. The topological polar surface area (TPSA) is 30.2 Å². The molecule has 0 aliphatic carbocycles. The zero-order chi connectivity index (χ0) is 12.6. The molecule has 4 heteroatoms. The van der Waals surface area contributed by atoms with Gasteiger partial charge in [-0.3, -0.25) is 4.79 Å². The molecule has 17 heavy (non-hydrogen) atoms. The SMILES string of the molecule is Cc1cc(C(=O)c2cc(Cl)ccc2I)c(C)o1. The molecule has 0 aliphatic heterocycles. The minimum atomic E-state index is -0.0498. The third kappa shape index (κ3) is 2.55. The summed E-state index contributed by atoms with van der Waals surface area (Å²) < 4.78 is 6.26. The molecule has 2 nitrogen and oxygen atoms in total. The lowest BCUT2D eigenvalue weighted by molar-refractivity contribution is 0.103. The predicted octanol–water partition coefficient (Wildman–Crippen LogP) is 4.39. The minimum Gasteiger partial charge on any atom is -0.466 e. The second-order valence-corrected chi connectivity index (χ2v) is 5.38. The van der Waals surface area contributed by atoms with Crippen LogP contribution in [0.4, 0.5) is 0 Å². The number of aryl methyl sites for hydroxylation is 2. The van der Waals surface area contributed by atoms with Gasteiger partial charge in [0.05, 0.1) is 5.56 Å². The molecule has 0 spiro atoms. The second kappa shape index (κ2) is 4.82. The summed E-state index contributed by atoms with van der Waals surface area (Å²) in [4.78, 5) is 12.3. The minimum absolute atomic E-state index is 0.0498. The molecular formula is C13H10ClIO2. The monoisotopic (exact) mass is 360 g/mol. The second-order valence-electron chi connectivity index (χ2n) is 3.78. The van der Waals surface area contributed by atoms with Crippen LogP contribution in [0.1, 0.15) is 27.4 Å². The van der Waals surface area contributed by atoms with E-state index in [1.165, 1.54) is 0 Å². The molecule has 2 aromatic rings. The quantitative estimate of drug-likeness (QED) is 0.587. The first-order valence-electron chi connectivity index (χ1n) is 5.06. The van der Waals surface area contributed by atoms with Crippen molar-refractivity contribution in [3.63, 3.8) is 0 Å². The van der Waals surface area contributed by atoms with E-state index in [2.05, 4.69) is 22.6 Å². The Hall–Kier alpha value is -0.810. The van der Waals surface area contributed by atoms with E-state index in [0.717, 1.165) is 9.33 Å². The Balaban J connectivity index is 2.50. The molecule has 0 radical (unpaired) electrons. The largest absolute Gasteiger partial charge is 0.466 e. The van der Waals surface area contributed by atoms with E-state index < -0.39 is 0 Å². The number of carbonyl (C=O) groups is 1.